The van der Waals surface area contributed by atoms with E-state index in [-0.39, 0.29) is 12.6 Å². The van der Waals surface area contributed by atoms with E-state index < -0.39 is 0 Å². The Labute approximate surface area is 89.3 Å². The predicted octanol–water partition coefficient (Wildman–Crippen LogP) is 1.89. The van der Waals surface area contributed by atoms with E-state index >= 15 is 0 Å². The lowest BCUT2D eigenvalue weighted by atomic mass is 10.1. The highest BCUT2D eigenvalue weighted by molar-refractivity contribution is 5.93. The molecule has 0 atom stereocenters. The van der Waals surface area contributed by atoms with Crippen LogP contribution >= 0.6 is 0 Å². The first-order valence-corrected chi connectivity index (χ1v) is 4.61. The van der Waals surface area contributed by atoms with Gasteiger partial charge in [0.05, 0.1) is 19.3 Å². The fraction of sp³-hybridized carbons (Fsp3) is 0.250. The van der Waals surface area contributed by atoms with Gasteiger partial charge in [0.2, 0.25) is 0 Å². The van der Waals surface area contributed by atoms with E-state index in [1.807, 2.05) is 30.3 Å². The molecule has 80 valence electrons. The molecule has 1 aromatic carbocycles. The highest BCUT2D eigenvalue weighted by Gasteiger charge is 2.08. The van der Waals surface area contributed by atoms with Crippen molar-refractivity contribution < 1.29 is 14.3 Å². The summed E-state index contributed by atoms with van der Waals surface area (Å²) in [5.41, 5.74) is 1.46. The maximum Gasteiger partial charge on any atom is 0.336 e. The monoisotopic (exact) mass is 206 g/mol. The summed E-state index contributed by atoms with van der Waals surface area (Å²) in [5.74, 6) is -0.360. The van der Waals surface area contributed by atoms with Crippen molar-refractivity contribution in [3.63, 3.8) is 0 Å². The second kappa shape index (κ2) is 5.98. The maximum absolute atomic E-state index is 11.3. The molecule has 0 radical (unpaired) electrons. The van der Waals surface area contributed by atoms with Crippen LogP contribution in [-0.4, -0.2) is 26.8 Å². The van der Waals surface area contributed by atoms with Crippen molar-refractivity contribution in [1.29, 1.82) is 0 Å². The number of hydrogen-bond donors (Lipinski definition) is 0. The van der Waals surface area contributed by atoms with Gasteiger partial charge in [0, 0.05) is 7.11 Å². The van der Waals surface area contributed by atoms with Crippen LogP contribution < -0.4 is 0 Å². The van der Waals surface area contributed by atoms with Gasteiger partial charge in [-0.2, -0.15) is 0 Å². The number of ether oxygens (including phenoxy) is 2. The lowest BCUT2D eigenvalue weighted by Crippen LogP contribution is -2.09. The quantitative estimate of drug-likeness (QED) is 0.557. The molecule has 1 aromatic rings. The molecule has 3 heteroatoms. The number of carbonyl (C=O) groups is 1. The molecule has 0 saturated heterocycles. The number of carbonyl (C=O) groups excluding carboxylic acids is 1. The number of esters is 1. The standard InChI is InChI=1S/C12H14O3/c1-14-9-11(12(13)15-2)8-10-6-4-3-5-7-10/h3-8H,9H2,1-2H3/b11-8+. The van der Waals surface area contributed by atoms with Crippen LogP contribution in [0.4, 0.5) is 0 Å². The molecule has 0 aliphatic rings. The molecule has 0 spiro atoms. The molecule has 0 aromatic heterocycles. The third-order valence-corrected chi connectivity index (χ3v) is 1.89. The van der Waals surface area contributed by atoms with E-state index in [1.54, 1.807) is 13.2 Å². The van der Waals surface area contributed by atoms with Crippen LogP contribution in [0.3, 0.4) is 0 Å². The second-order valence-corrected chi connectivity index (χ2v) is 3.00. The Morgan fingerprint density at radius 3 is 2.47 bits per heavy atom. The largest absolute Gasteiger partial charge is 0.466 e. The molecular weight excluding hydrogens is 192 g/mol. The highest BCUT2D eigenvalue weighted by Crippen LogP contribution is 2.08. The van der Waals surface area contributed by atoms with Crippen molar-refractivity contribution in [3.8, 4) is 0 Å². The minimum absolute atomic E-state index is 0.252. The zero-order valence-electron chi connectivity index (χ0n) is 8.90. The lowest BCUT2D eigenvalue weighted by molar-refractivity contribution is -0.136. The van der Waals surface area contributed by atoms with E-state index in [0.717, 1.165) is 5.56 Å². The molecule has 1 rings (SSSR count). The van der Waals surface area contributed by atoms with Gasteiger partial charge in [0.1, 0.15) is 0 Å². The molecule has 0 bridgehead atoms. The zero-order valence-corrected chi connectivity index (χ0v) is 8.90. The Morgan fingerprint density at radius 2 is 1.93 bits per heavy atom. The normalized spacial score (nSPS) is 11.2. The fourth-order valence-corrected chi connectivity index (χ4v) is 1.20. The van der Waals surface area contributed by atoms with Crippen LogP contribution in [0.15, 0.2) is 35.9 Å². The topological polar surface area (TPSA) is 35.5 Å². The van der Waals surface area contributed by atoms with Gasteiger partial charge in [-0.1, -0.05) is 30.3 Å². The van der Waals surface area contributed by atoms with Crippen molar-refractivity contribution in [1.82, 2.24) is 0 Å². The van der Waals surface area contributed by atoms with Crippen molar-refractivity contribution in [2.45, 2.75) is 0 Å². The summed E-state index contributed by atoms with van der Waals surface area (Å²) >= 11 is 0. The fourth-order valence-electron chi connectivity index (χ4n) is 1.20. The number of methoxy groups -OCH3 is 2. The van der Waals surface area contributed by atoms with Gasteiger partial charge in [-0.25, -0.2) is 4.79 Å². The number of hydrogen-bond acceptors (Lipinski definition) is 3. The average Bonchev–Trinajstić information content (AvgIpc) is 2.29. The molecular formula is C12H14O3. The van der Waals surface area contributed by atoms with Gasteiger partial charge in [-0.05, 0) is 11.6 Å². The molecule has 0 unspecified atom stereocenters. The van der Waals surface area contributed by atoms with Crippen molar-refractivity contribution in [3.05, 3.63) is 41.5 Å². The van der Waals surface area contributed by atoms with Crippen LogP contribution in [0.5, 0.6) is 0 Å². The van der Waals surface area contributed by atoms with Crippen LogP contribution in [0.25, 0.3) is 6.08 Å². The average molecular weight is 206 g/mol. The van der Waals surface area contributed by atoms with E-state index in [9.17, 15) is 4.79 Å². The SMILES string of the molecule is COC/C(=C\c1ccccc1)C(=O)OC. The Morgan fingerprint density at radius 1 is 1.27 bits per heavy atom. The minimum Gasteiger partial charge on any atom is -0.466 e. The first kappa shape index (κ1) is 11.5. The van der Waals surface area contributed by atoms with E-state index in [2.05, 4.69) is 4.74 Å². The van der Waals surface area contributed by atoms with Gasteiger partial charge < -0.3 is 9.47 Å². The summed E-state index contributed by atoms with van der Waals surface area (Å²) < 4.78 is 9.58. The van der Waals surface area contributed by atoms with Crippen LogP contribution in [0.1, 0.15) is 5.56 Å². The van der Waals surface area contributed by atoms with Crippen molar-refractivity contribution >= 4 is 12.0 Å². The summed E-state index contributed by atoms with van der Waals surface area (Å²) in [6.07, 6.45) is 1.76. The maximum atomic E-state index is 11.3. The van der Waals surface area contributed by atoms with Gasteiger partial charge in [0.25, 0.3) is 0 Å². The van der Waals surface area contributed by atoms with Gasteiger partial charge in [0.15, 0.2) is 0 Å². The van der Waals surface area contributed by atoms with E-state index in [0.29, 0.717) is 5.57 Å². The first-order valence-electron chi connectivity index (χ1n) is 4.61. The molecule has 0 aliphatic carbocycles. The smallest absolute Gasteiger partial charge is 0.336 e. The summed E-state index contributed by atoms with van der Waals surface area (Å²) in [4.78, 5) is 11.3. The lowest BCUT2D eigenvalue weighted by Gasteiger charge is -2.03. The Balaban J connectivity index is 2.88. The van der Waals surface area contributed by atoms with E-state index in [4.69, 9.17) is 4.74 Å². The molecule has 0 amide bonds. The Hall–Kier alpha value is -1.61. The minimum atomic E-state index is -0.360. The molecule has 0 saturated carbocycles. The third-order valence-electron chi connectivity index (χ3n) is 1.89. The van der Waals surface area contributed by atoms with Gasteiger partial charge >= 0.3 is 5.97 Å². The highest BCUT2D eigenvalue weighted by atomic mass is 16.5. The second-order valence-electron chi connectivity index (χ2n) is 3.00. The van der Waals surface area contributed by atoms with Crippen molar-refractivity contribution in [2.24, 2.45) is 0 Å². The third kappa shape index (κ3) is 3.56. The van der Waals surface area contributed by atoms with Crippen LogP contribution in [0.2, 0.25) is 0 Å². The Kier molecular flexibility index (Phi) is 4.57. The summed E-state index contributed by atoms with van der Waals surface area (Å²) in [6, 6.07) is 9.57. The van der Waals surface area contributed by atoms with Crippen molar-refractivity contribution in [2.75, 3.05) is 20.8 Å². The molecule has 0 aliphatic heterocycles. The van der Waals surface area contributed by atoms with E-state index in [1.165, 1.54) is 7.11 Å². The first-order chi connectivity index (χ1) is 7.27. The predicted molar refractivity (Wildman–Crippen MR) is 58.3 cm³/mol. The Bertz CT molecular complexity index is 341. The zero-order chi connectivity index (χ0) is 11.1. The van der Waals surface area contributed by atoms with Gasteiger partial charge in [-0.15, -0.1) is 0 Å². The molecule has 3 nitrogen and oxygen atoms in total. The summed E-state index contributed by atoms with van der Waals surface area (Å²) in [5, 5.41) is 0. The van der Waals surface area contributed by atoms with Crippen LogP contribution in [-0.2, 0) is 14.3 Å². The molecule has 0 fully saturated rings. The van der Waals surface area contributed by atoms with Gasteiger partial charge in [-0.3, -0.25) is 0 Å². The number of rotatable bonds is 4. The molecule has 15 heavy (non-hydrogen) atoms. The molecule has 0 heterocycles. The summed E-state index contributed by atoms with van der Waals surface area (Å²) in [6.45, 7) is 0.252. The number of benzene rings is 1. The van der Waals surface area contributed by atoms with Crippen LogP contribution in [0, 0.1) is 0 Å². The molecule has 0 N–H and O–H groups in total. The summed E-state index contributed by atoms with van der Waals surface area (Å²) in [7, 11) is 2.90.